The van der Waals surface area contributed by atoms with Crippen LogP contribution in [-0.2, 0) is 0 Å². The summed E-state index contributed by atoms with van der Waals surface area (Å²) in [6.45, 7) is 6.55. The average Bonchev–Trinajstić information content (AvgIpc) is 3.21. The third-order valence-corrected chi connectivity index (χ3v) is 7.22. The second kappa shape index (κ2) is 7.57. The Hall–Kier alpha value is -2.05. The molecule has 3 heterocycles. The van der Waals surface area contributed by atoms with Crippen molar-refractivity contribution in [1.82, 2.24) is 9.91 Å². The molecule has 2 aromatic carbocycles. The third-order valence-electron chi connectivity index (χ3n) is 6.70. The van der Waals surface area contributed by atoms with Crippen LogP contribution in [0.4, 0.5) is 0 Å². The maximum Gasteiger partial charge on any atom is 0.200 e. The summed E-state index contributed by atoms with van der Waals surface area (Å²) in [5.41, 5.74) is 3.04. The first-order valence-corrected chi connectivity index (χ1v) is 11.5. The molecule has 0 saturated carbocycles. The van der Waals surface area contributed by atoms with Crippen molar-refractivity contribution in [1.29, 1.82) is 0 Å². The molecule has 2 aromatic rings. The van der Waals surface area contributed by atoms with E-state index in [1.54, 1.807) is 7.11 Å². The fourth-order valence-corrected chi connectivity index (χ4v) is 5.23. The molecule has 1 fully saturated rings. The van der Waals surface area contributed by atoms with Gasteiger partial charge in [0.15, 0.2) is 11.5 Å². The number of piperidine rings is 1. The van der Waals surface area contributed by atoms with E-state index in [9.17, 15) is 0 Å². The Labute approximate surface area is 186 Å². The number of hydrogen-bond donors (Lipinski definition) is 0. The minimum atomic E-state index is -0.422. The summed E-state index contributed by atoms with van der Waals surface area (Å²) in [5, 5.41) is 7.43. The second-order valence-corrected chi connectivity index (χ2v) is 9.59. The zero-order valence-corrected chi connectivity index (χ0v) is 19.4. The Morgan fingerprint density at radius 2 is 1.87 bits per heavy atom. The van der Waals surface area contributed by atoms with Gasteiger partial charge >= 0.3 is 0 Å². The van der Waals surface area contributed by atoms with E-state index in [-0.39, 0.29) is 6.04 Å². The summed E-state index contributed by atoms with van der Waals surface area (Å²) < 4.78 is 13.6. The first kappa shape index (κ1) is 19.9. The van der Waals surface area contributed by atoms with Gasteiger partial charge in [-0.15, -0.1) is 0 Å². The molecule has 1 atom stereocenters. The zero-order chi connectivity index (χ0) is 20.9. The van der Waals surface area contributed by atoms with Gasteiger partial charge in [-0.1, -0.05) is 40.2 Å². The molecule has 3 aliphatic heterocycles. The molecule has 0 N–H and O–H groups in total. The van der Waals surface area contributed by atoms with Crippen LogP contribution < -0.4 is 9.47 Å². The van der Waals surface area contributed by atoms with Crippen molar-refractivity contribution in [3.05, 3.63) is 58.1 Å². The number of methoxy groups -OCH3 is 1. The number of nitrogens with zero attached hydrogens (tertiary/aromatic N) is 3. The van der Waals surface area contributed by atoms with E-state index in [0.29, 0.717) is 6.04 Å². The van der Waals surface area contributed by atoms with Crippen molar-refractivity contribution < 1.29 is 9.47 Å². The van der Waals surface area contributed by atoms with E-state index < -0.39 is 5.72 Å². The monoisotopic (exact) mass is 469 g/mol. The number of benzene rings is 2. The van der Waals surface area contributed by atoms with Crippen LogP contribution in [0.1, 0.15) is 50.3 Å². The molecular weight excluding hydrogens is 442 g/mol. The van der Waals surface area contributed by atoms with Gasteiger partial charge < -0.3 is 14.4 Å². The molecule has 1 saturated heterocycles. The van der Waals surface area contributed by atoms with Crippen LogP contribution in [0, 0.1) is 0 Å². The number of rotatable bonds is 3. The number of ether oxygens (including phenoxy) is 2. The molecule has 158 valence electrons. The largest absolute Gasteiger partial charge is 0.493 e. The SMILES string of the molecule is COc1cccc2c1OC1(CCN(C(C)C)CC1)N1N=C(c3ccc(Br)cc3)C[C@@H]21. The lowest BCUT2D eigenvalue weighted by molar-refractivity contribution is -0.153. The topological polar surface area (TPSA) is 37.3 Å². The minimum absolute atomic E-state index is 0.174. The predicted octanol–water partition coefficient (Wildman–Crippen LogP) is 5.20. The van der Waals surface area contributed by atoms with Gasteiger partial charge in [-0.3, -0.25) is 0 Å². The first-order chi connectivity index (χ1) is 14.5. The summed E-state index contributed by atoms with van der Waals surface area (Å²) in [7, 11) is 1.72. The van der Waals surface area contributed by atoms with Crippen LogP contribution in [0.25, 0.3) is 0 Å². The van der Waals surface area contributed by atoms with Gasteiger partial charge in [0.05, 0.1) is 18.9 Å². The lowest BCUT2D eigenvalue weighted by Gasteiger charge is -2.51. The molecule has 3 aliphatic rings. The van der Waals surface area contributed by atoms with Gasteiger partial charge in [0.2, 0.25) is 5.72 Å². The van der Waals surface area contributed by atoms with E-state index in [0.717, 1.165) is 54.0 Å². The van der Waals surface area contributed by atoms with E-state index in [2.05, 4.69) is 76.1 Å². The molecule has 0 unspecified atom stereocenters. The van der Waals surface area contributed by atoms with Gasteiger partial charge in [-0.05, 0) is 37.6 Å². The summed E-state index contributed by atoms with van der Waals surface area (Å²) in [6, 6.07) is 15.4. The van der Waals surface area contributed by atoms with E-state index in [1.807, 2.05) is 6.07 Å². The van der Waals surface area contributed by atoms with Crippen LogP contribution in [0.5, 0.6) is 11.5 Å². The maximum absolute atomic E-state index is 6.79. The Morgan fingerprint density at radius 1 is 1.13 bits per heavy atom. The zero-order valence-electron chi connectivity index (χ0n) is 17.8. The summed E-state index contributed by atoms with van der Waals surface area (Å²) in [5.74, 6) is 1.71. The highest BCUT2D eigenvalue weighted by molar-refractivity contribution is 9.10. The third kappa shape index (κ3) is 3.21. The Balaban J connectivity index is 1.56. The second-order valence-electron chi connectivity index (χ2n) is 8.67. The minimum Gasteiger partial charge on any atom is -0.493 e. The lowest BCUT2D eigenvalue weighted by atomic mass is 9.90. The Bertz CT molecular complexity index is 965. The fourth-order valence-electron chi connectivity index (χ4n) is 4.97. The normalized spacial score (nSPS) is 22.5. The molecule has 0 aliphatic carbocycles. The number of hydrazone groups is 1. The van der Waals surface area contributed by atoms with Gasteiger partial charge in [0, 0.05) is 48.4 Å². The Kier molecular flexibility index (Phi) is 5.02. The summed E-state index contributed by atoms with van der Waals surface area (Å²) >= 11 is 3.54. The highest BCUT2D eigenvalue weighted by Gasteiger charge is 2.52. The van der Waals surface area contributed by atoms with Gasteiger partial charge in [-0.2, -0.15) is 5.10 Å². The molecular formula is C24H28BrN3O2. The molecule has 5 rings (SSSR count). The highest BCUT2D eigenvalue weighted by atomic mass is 79.9. The van der Waals surface area contributed by atoms with Crippen molar-refractivity contribution in [2.24, 2.45) is 5.10 Å². The highest BCUT2D eigenvalue weighted by Crippen LogP contribution is 2.52. The summed E-state index contributed by atoms with van der Waals surface area (Å²) in [6.07, 6.45) is 2.73. The van der Waals surface area contributed by atoms with Gasteiger partial charge in [0.1, 0.15) is 0 Å². The standard InChI is InChI=1S/C24H28BrN3O2/c1-16(2)27-13-11-24(12-14-27)28-21(19-5-4-6-22(29-3)23(19)30-24)15-20(26-28)17-7-9-18(25)10-8-17/h4-10,16,21H,11-15H2,1-3H3/t21-/m0/s1. The smallest absolute Gasteiger partial charge is 0.200 e. The molecule has 30 heavy (non-hydrogen) atoms. The van der Waals surface area contributed by atoms with Crippen molar-refractivity contribution >= 4 is 21.6 Å². The number of halogens is 1. The molecule has 1 spiro atoms. The van der Waals surface area contributed by atoms with Crippen LogP contribution in [0.3, 0.4) is 0 Å². The Morgan fingerprint density at radius 3 is 2.53 bits per heavy atom. The predicted molar refractivity (Wildman–Crippen MR) is 122 cm³/mol. The number of fused-ring (bicyclic) bond motifs is 4. The number of likely N-dealkylation sites (tertiary alicyclic amines) is 1. The fraction of sp³-hybridized carbons (Fsp3) is 0.458. The van der Waals surface area contributed by atoms with E-state index in [4.69, 9.17) is 14.6 Å². The van der Waals surface area contributed by atoms with Crippen LogP contribution in [0.15, 0.2) is 52.0 Å². The average molecular weight is 470 g/mol. The number of hydrogen-bond acceptors (Lipinski definition) is 5. The van der Waals surface area contributed by atoms with Crippen LogP contribution in [0.2, 0.25) is 0 Å². The summed E-state index contributed by atoms with van der Waals surface area (Å²) in [4.78, 5) is 2.52. The van der Waals surface area contributed by atoms with Crippen molar-refractivity contribution in [2.75, 3.05) is 20.2 Å². The number of para-hydroxylation sites is 1. The van der Waals surface area contributed by atoms with E-state index >= 15 is 0 Å². The molecule has 0 amide bonds. The first-order valence-electron chi connectivity index (χ1n) is 10.7. The maximum atomic E-state index is 6.79. The van der Waals surface area contributed by atoms with Crippen molar-refractivity contribution in [3.63, 3.8) is 0 Å². The van der Waals surface area contributed by atoms with Gasteiger partial charge in [0.25, 0.3) is 0 Å². The molecule has 6 heteroatoms. The molecule has 0 bridgehead atoms. The van der Waals surface area contributed by atoms with Gasteiger partial charge in [-0.25, -0.2) is 5.01 Å². The van der Waals surface area contributed by atoms with Crippen molar-refractivity contribution in [2.45, 2.75) is 50.9 Å². The quantitative estimate of drug-likeness (QED) is 0.618. The van der Waals surface area contributed by atoms with Crippen LogP contribution >= 0.6 is 15.9 Å². The molecule has 5 nitrogen and oxygen atoms in total. The molecule has 0 aromatic heterocycles. The lowest BCUT2D eigenvalue weighted by Crippen LogP contribution is -2.59. The van der Waals surface area contributed by atoms with E-state index in [1.165, 1.54) is 11.1 Å². The van der Waals surface area contributed by atoms with Crippen LogP contribution in [-0.4, -0.2) is 47.6 Å². The molecule has 0 radical (unpaired) electrons. The van der Waals surface area contributed by atoms with Crippen molar-refractivity contribution in [3.8, 4) is 11.5 Å².